The number of H-pyrrole nitrogens is 1. The fourth-order valence-electron chi connectivity index (χ4n) is 8.11. The van der Waals surface area contributed by atoms with E-state index >= 15 is 0 Å². The van der Waals surface area contributed by atoms with Crippen LogP contribution < -0.4 is 5.32 Å². The number of carbonyl (C=O) groups is 2. The molecule has 4 bridgehead atoms. The molecular formula is C31H41N3O5. The van der Waals surface area contributed by atoms with Crippen LogP contribution in [0.1, 0.15) is 121 Å². The number of esters is 1. The van der Waals surface area contributed by atoms with Crippen LogP contribution in [0.15, 0.2) is 24.3 Å². The first-order chi connectivity index (χ1) is 18.9. The maximum absolute atomic E-state index is 13.4. The van der Waals surface area contributed by atoms with Crippen molar-refractivity contribution in [2.75, 3.05) is 13.7 Å². The van der Waals surface area contributed by atoms with Gasteiger partial charge in [0, 0.05) is 12.5 Å². The Morgan fingerprint density at radius 2 is 1.79 bits per heavy atom. The maximum atomic E-state index is 13.4. The highest BCUT2D eigenvalue weighted by Crippen LogP contribution is 2.57. The van der Waals surface area contributed by atoms with E-state index in [2.05, 4.69) is 10.3 Å². The number of aliphatic hydroxyl groups excluding tert-OH is 1. The van der Waals surface area contributed by atoms with E-state index < -0.39 is 12.1 Å². The molecule has 0 radical (unpaired) electrons. The Labute approximate surface area is 230 Å². The van der Waals surface area contributed by atoms with Crippen LogP contribution in [0.4, 0.5) is 0 Å². The maximum Gasteiger partial charge on any atom is 0.337 e. The van der Waals surface area contributed by atoms with Gasteiger partial charge in [0.15, 0.2) is 5.69 Å². The van der Waals surface area contributed by atoms with Gasteiger partial charge in [-0.1, -0.05) is 31.4 Å². The van der Waals surface area contributed by atoms with Crippen molar-refractivity contribution in [1.82, 2.24) is 15.3 Å². The van der Waals surface area contributed by atoms with Crippen molar-refractivity contribution in [1.29, 1.82) is 0 Å². The molecule has 2 aromatic rings. The number of benzene rings is 1. The molecule has 5 fully saturated rings. The number of methoxy groups -OCH3 is 1. The molecule has 1 unspecified atom stereocenters. The van der Waals surface area contributed by atoms with Crippen LogP contribution >= 0.6 is 0 Å². The van der Waals surface area contributed by atoms with Crippen molar-refractivity contribution >= 4 is 11.9 Å². The van der Waals surface area contributed by atoms with Gasteiger partial charge in [0.25, 0.3) is 5.91 Å². The van der Waals surface area contributed by atoms with E-state index in [1.54, 1.807) is 24.3 Å². The molecule has 0 saturated heterocycles. The molecule has 5 saturated carbocycles. The van der Waals surface area contributed by atoms with E-state index in [0.29, 0.717) is 29.3 Å². The van der Waals surface area contributed by atoms with Crippen molar-refractivity contribution in [3.05, 3.63) is 52.6 Å². The van der Waals surface area contributed by atoms with Gasteiger partial charge in [-0.3, -0.25) is 4.79 Å². The monoisotopic (exact) mass is 535 g/mol. The minimum Gasteiger partial charge on any atom is -0.465 e. The van der Waals surface area contributed by atoms with Gasteiger partial charge >= 0.3 is 5.97 Å². The molecule has 8 heteroatoms. The number of nitrogens with zero attached hydrogens (tertiary/aromatic N) is 1. The lowest BCUT2D eigenvalue weighted by atomic mass is 9.54. The Balaban J connectivity index is 1.16. The molecule has 0 spiro atoms. The number of rotatable bonds is 9. The van der Waals surface area contributed by atoms with Crippen molar-refractivity contribution in [3.8, 4) is 0 Å². The molecule has 5 aliphatic rings. The zero-order valence-corrected chi connectivity index (χ0v) is 22.9. The van der Waals surface area contributed by atoms with Crippen LogP contribution in [-0.2, 0) is 16.1 Å². The van der Waals surface area contributed by atoms with Crippen LogP contribution in [0.2, 0.25) is 0 Å². The number of aliphatic hydroxyl groups is 1. The summed E-state index contributed by atoms with van der Waals surface area (Å²) in [5, 5.41) is 13.6. The minimum absolute atomic E-state index is 0.00432. The summed E-state index contributed by atoms with van der Waals surface area (Å²) in [6.45, 7) is 0.364. The van der Waals surface area contributed by atoms with Crippen molar-refractivity contribution in [3.63, 3.8) is 0 Å². The Bertz CT molecular complexity index is 1170. The SMILES string of the molecule is COC(=O)c1cccc(C(O)CNC(=O)c2nc(C3CCCCC3)[nH]c2COC23CC4CC(CC(C4)C2)C3)c1. The summed E-state index contributed by atoms with van der Waals surface area (Å²) in [5.41, 5.74) is 1.95. The first kappa shape index (κ1) is 26.5. The van der Waals surface area contributed by atoms with E-state index in [9.17, 15) is 14.7 Å². The van der Waals surface area contributed by atoms with Gasteiger partial charge in [0.2, 0.25) is 0 Å². The molecule has 210 valence electrons. The Morgan fingerprint density at radius 1 is 1.10 bits per heavy atom. The van der Waals surface area contributed by atoms with Gasteiger partial charge in [0.1, 0.15) is 5.82 Å². The number of hydrogen-bond acceptors (Lipinski definition) is 6. The number of aromatic amines is 1. The number of carbonyl (C=O) groups excluding carboxylic acids is 2. The molecule has 8 nitrogen and oxygen atoms in total. The number of aromatic nitrogens is 2. The lowest BCUT2D eigenvalue weighted by Crippen LogP contribution is -2.51. The topological polar surface area (TPSA) is 114 Å². The summed E-state index contributed by atoms with van der Waals surface area (Å²) in [5.74, 6) is 2.80. The van der Waals surface area contributed by atoms with E-state index in [4.69, 9.17) is 14.5 Å². The number of amides is 1. The smallest absolute Gasteiger partial charge is 0.337 e. The third-order valence-electron chi connectivity index (χ3n) is 9.66. The van der Waals surface area contributed by atoms with Crippen molar-refractivity contribution in [2.45, 2.75) is 94.9 Å². The predicted molar refractivity (Wildman–Crippen MR) is 145 cm³/mol. The van der Waals surface area contributed by atoms with Gasteiger partial charge in [-0.2, -0.15) is 0 Å². The molecule has 1 heterocycles. The second kappa shape index (κ2) is 11.0. The lowest BCUT2D eigenvalue weighted by Gasteiger charge is -2.56. The Hall–Kier alpha value is -2.71. The molecule has 1 aromatic carbocycles. The number of ether oxygens (including phenoxy) is 2. The van der Waals surface area contributed by atoms with Crippen LogP contribution in [-0.4, -0.2) is 46.2 Å². The molecule has 3 N–H and O–H groups in total. The second-order valence-electron chi connectivity index (χ2n) is 12.5. The summed E-state index contributed by atoms with van der Waals surface area (Å²) in [6.07, 6.45) is 12.3. The van der Waals surface area contributed by atoms with Crippen LogP contribution in [0, 0.1) is 17.8 Å². The molecule has 0 aliphatic heterocycles. The van der Waals surface area contributed by atoms with Crippen molar-refractivity contribution in [2.24, 2.45) is 17.8 Å². The fraction of sp³-hybridized carbons (Fsp3) is 0.645. The van der Waals surface area contributed by atoms with Crippen LogP contribution in [0.3, 0.4) is 0 Å². The predicted octanol–water partition coefficient (Wildman–Crippen LogP) is 5.19. The number of imidazole rings is 1. The average Bonchev–Trinajstić information content (AvgIpc) is 3.39. The van der Waals surface area contributed by atoms with Gasteiger partial charge in [-0.15, -0.1) is 0 Å². The molecule has 1 amide bonds. The summed E-state index contributed by atoms with van der Waals surface area (Å²) < 4.78 is 11.5. The molecule has 1 atom stereocenters. The van der Waals surface area contributed by atoms with Crippen LogP contribution in [0.25, 0.3) is 0 Å². The van der Waals surface area contributed by atoms with E-state index in [1.807, 2.05) is 0 Å². The minimum atomic E-state index is -0.970. The van der Waals surface area contributed by atoms with Gasteiger partial charge in [-0.05, 0) is 86.8 Å². The lowest BCUT2D eigenvalue weighted by molar-refractivity contribution is -0.169. The van der Waals surface area contributed by atoms with Crippen molar-refractivity contribution < 1.29 is 24.2 Å². The highest BCUT2D eigenvalue weighted by Gasteiger charge is 2.51. The third kappa shape index (κ3) is 5.64. The molecule has 7 rings (SSSR count). The molecular weight excluding hydrogens is 494 g/mol. The quantitative estimate of drug-likeness (QED) is 0.381. The first-order valence-electron chi connectivity index (χ1n) is 14.8. The summed E-state index contributed by atoms with van der Waals surface area (Å²) in [7, 11) is 1.32. The largest absolute Gasteiger partial charge is 0.465 e. The number of nitrogens with one attached hydrogen (secondary N) is 2. The average molecular weight is 536 g/mol. The number of hydrogen-bond donors (Lipinski definition) is 3. The van der Waals surface area contributed by atoms with E-state index in [0.717, 1.165) is 61.4 Å². The van der Waals surface area contributed by atoms with Gasteiger partial charge in [0.05, 0.1) is 36.7 Å². The van der Waals surface area contributed by atoms with E-state index in [1.165, 1.54) is 45.6 Å². The molecule has 5 aliphatic carbocycles. The second-order valence-corrected chi connectivity index (χ2v) is 12.5. The first-order valence-corrected chi connectivity index (χ1v) is 14.8. The fourth-order valence-corrected chi connectivity index (χ4v) is 8.11. The highest BCUT2D eigenvalue weighted by molar-refractivity contribution is 5.93. The standard InChI is InChI=1S/C31H41N3O5/c1-38-30(37)24-9-5-8-23(13-24)26(35)17-32-29(36)27-25(33-28(34-27)22-6-3-2-4-7-22)18-39-31-14-19-10-20(15-31)12-21(11-19)16-31/h5,8-9,13,19-22,26,35H,2-4,6-7,10-12,14-18H2,1H3,(H,32,36)(H,33,34). The summed E-state index contributed by atoms with van der Waals surface area (Å²) >= 11 is 0. The zero-order valence-electron chi connectivity index (χ0n) is 22.9. The summed E-state index contributed by atoms with van der Waals surface area (Å²) in [6, 6.07) is 6.64. The van der Waals surface area contributed by atoms with Gasteiger partial charge in [-0.25, -0.2) is 9.78 Å². The highest BCUT2D eigenvalue weighted by atomic mass is 16.5. The normalized spacial score (nSPS) is 28.8. The van der Waals surface area contributed by atoms with Gasteiger partial charge < -0.3 is 24.9 Å². The Morgan fingerprint density at radius 3 is 2.46 bits per heavy atom. The Kier molecular flexibility index (Phi) is 7.51. The van der Waals surface area contributed by atoms with Crippen LogP contribution in [0.5, 0.6) is 0 Å². The zero-order chi connectivity index (χ0) is 27.0. The molecule has 39 heavy (non-hydrogen) atoms. The molecule has 1 aromatic heterocycles. The van der Waals surface area contributed by atoms with E-state index in [-0.39, 0.29) is 18.1 Å². The summed E-state index contributed by atoms with van der Waals surface area (Å²) in [4.78, 5) is 33.6. The third-order valence-corrected chi connectivity index (χ3v) is 9.66.